The number of unbranched alkanes of at least 4 members (excludes halogenated alkanes) is 2. The molecule has 0 aliphatic heterocycles. The molecule has 0 saturated carbocycles. The number of carbonyl (C=O) groups is 8. The van der Waals surface area contributed by atoms with Crippen molar-refractivity contribution in [3.05, 3.63) is 35.9 Å². The van der Waals surface area contributed by atoms with E-state index in [4.69, 9.17) is 28.7 Å². The van der Waals surface area contributed by atoms with E-state index < -0.39 is 103 Å². The zero-order chi connectivity index (χ0) is 46.6. The molecule has 1 aromatic rings. The largest absolute Gasteiger partial charge is 0.481 e. The molecule has 62 heavy (non-hydrogen) atoms. The lowest BCUT2D eigenvalue weighted by atomic mass is 10.0. The van der Waals surface area contributed by atoms with Crippen LogP contribution in [0.25, 0.3) is 0 Å². The highest BCUT2D eigenvalue weighted by atomic mass is 16.4. The Morgan fingerprint density at radius 2 is 1.11 bits per heavy atom. The summed E-state index contributed by atoms with van der Waals surface area (Å²) in [5, 5.41) is 34.1. The molecule has 0 spiro atoms. The summed E-state index contributed by atoms with van der Waals surface area (Å²) in [5.41, 5.74) is 29.1. The molecule has 6 amide bonds. The van der Waals surface area contributed by atoms with Gasteiger partial charge in [-0.2, -0.15) is 0 Å². The fraction of sp³-hybridized carbons (Fsp3) is 0.625. The first kappa shape index (κ1) is 54.1. The van der Waals surface area contributed by atoms with Gasteiger partial charge in [0.05, 0.1) is 12.6 Å². The Labute approximate surface area is 362 Å². The van der Waals surface area contributed by atoms with Gasteiger partial charge in [-0.1, -0.05) is 44.2 Å². The summed E-state index contributed by atoms with van der Waals surface area (Å²) in [4.78, 5) is 107. The Morgan fingerprint density at radius 3 is 1.60 bits per heavy atom. The van der Waals surface area contributed by atoms with Crippen LogP contribution in [0.2, 0.25) is 0 Å². The molecule has 0 aliphatic rings. The van der Waals surface area contributed by atoms with E-state index in [0.717, 1.165) is 5.56 Å². The maximum Gasteiger partial charge on any atom is 0.326 e. The molecule has 1 aromatic carbocycles. The molecule has 0 aliphatic carbocycles. The van der Waals surface area contributed by atoms with Gasteiger partial charge in [0.2, 0.25) is 35.4 Å². The van der Waals surface area contributed by atoms with Crippen molar-refractivity contribution in [1.82, 2.24) is 31.9 Å². The highest BCUT2D eigenvalue weighted by Crippen LogP contribution is 2.10. The normalized spacial score (nSPS) is 13.8. The molecule has 0 heterocycles. The van der Waals surface area contributed by atoms with E-state index in [1.807, 2.05) is 30.3 Å². The van der Waals surface area contributed by atoms with Gasteiger partial charge in [0, 0.05) is 13.0 Å². The zero-order valence-corrected chi connectivity index (χ0v) is 35.7. The SMILES string of the molecule is CC(C)C[C@H](NC(=O)[C@H](CCCN=C(N)N)NC(=O)[C@H](CCC(=O)O)NC(=O)CNC(=O)[C@H](CCCCN)NC(=O)[C@H](CCCCN)NC(=O)[C@@H](N)Cc1ccccc1)C(=O)O. The number of amides is 6. The van der Waals surface area contributed by atoms with Gasteiger partial charge in [-0.15, -0.1) is 0 Å². The molecular weight excluding hydrogens is 809 g/mol. The number of nitrogens with one attached hydrogen (secondary N) is 6. The molecule has 6 atom stereocenters. The second kappa shape index (κ2) is 30.2. The number of aliphatic carboxylic acids is 2. The Hall–Kier alpha value is -5.87. The summed E-state index contributed by atoms with van der Waals surface area (Å²) in [6.45, 7) is 3.54. The van der Waals surface area contributed by atoms with Crippen molar-refractivity contribution in [2.24, 2.45) is 39.6 Å². The quantitative estimate of drug-likeness (QED) is 0.0201. The third-order valence-corrected chi connectivity index (χ3v) is 9.42. The van der Waals surface area contributed by atoms with Gasteiger partial charge in [0.15, 0.2) is 5.96 Å². The van der Waals surface area contributed by atoms with Gasteiger partial charge in [-0.3, -0.25) is 38.6 Å². The van der Waals surface area contributed by atoms with Crippen LogP contribution < -0.4 is 60.6 Å². The molecular formula is C40H68N12O10. The summed E-state index contributed by atoms with van der Waals surface area (Å²) >= 11 is 0. The van der Waals surface area contributed by atoms with Gasteiger partial charge >= 0.3 is 11.9 Å². The van der Waals surface area contributed by atoms with Crippen molar-refractivity contribution in [2.75, 3.05) is 26.2 Å². The lowest BCUT2D eigenvalue weighted by molar-refractivity contribution is -0.142. The first-order valence-corrected chi connectivity index (χ1v) is 20.9. The first-order valence-electron chi connectivity index (χ1n) is 20.9. The molecule has 0 radical (unpaired) electrons. The number of hydrogen-bond donors (Lipinski definition) is 13. The maximum atomic E-state index is 13.6. The van der Waals surface area contributed by atoms with Gasteiger partial charge in [0.25, 0.3) is 0 Å². The average Bonchev–Trinajstić information content (AvgIpc) is 3.21. The van der Waals surface area contributed by atoms with Gasteiger partial charge in [-0.05, 0) is 95.2 Å². The molecule has 0 bridgehead atoms. The highest BCUT2D eigenvalue weighted by molar-refractivity contribution is 5.96. The standard InChI is InChI=1S/C40H68N12O10/c1-24(2)21-31(39(61)62)52-37(59)29(15-10-20-46-40(44)45)51-38(60)30(16-17-33(54)55)48-32(53)23-47-35(57)27(13-6-8-18-41)50-36(58)28(14-7-9-19-42)49-34(56)26(43)22-25-11-4-3-5-12-25/h3-5,11-12,24,26-31H,6-10,13-23,41-43H2,1-2H3,(H,47,57)(H,48,53)(H,49,56)(H,50,58)(H,51,60)(H,52,59)(H,54,55)(H,61,62)(H4,44,45,46)/t26-,27-,28-,29-,30-,31-/m0/s1. The average molecular weight is 877 g/mol. The number of benzene rings is 1. The molecule has 0 unspecified atom stereocenters. The summed E-state index contributed by atoms with van der Waals surface area (Å²) in [6.07, 6.45) is 1.70. The van der Waals surface area contributed by atoms with Crippen molar-refractivity contribution < 1.29 is 48.6 Å². The van der Waals surface area contributed by atoms with E-state index in [-0.39, 0.29) is 56.9 Å². The number of carboxylic acid groups (broad SMARTS) is 2. The predicted octanol–water partition coefficient (Wildman–Crippen LogP) is -2.60. The van der Waals surface area contributed by atoms with Gasteiger partial charge < -0.3 is 70.8 Å². The lowest BCUT2D eigenvalue weighted by Gasteiger charge is -2.25. The number of carbonyl (C=O) groups excluding carboxylic acids is 6. The van der Waals surface area contributed by atoms with Crippen LogP contribution >= 0.6 is 0 Å². The Morgan fingerprint density at radius 1 is 0.629 bits per heavy atom. The minimum atomic E-state index is -1.51. The number of hydrogen-bond acceptors (Lipinski definition) is 12. The number of rotatable bonds is 32. The van der Waals surface area contributed by atoms with Crippen LogP contribution in [-0.4, -0.2) is 126 Å². The smallest absolute Gasteiger partial charge is 0.326 e. The van der Waals surface area contributed by atoms with Crippen LogP contribution in [0.1, 0.15) is 90.0 Å². The van der Waals surface area contributed by atoms with Crippen LogP contribution in [-0.2, 0) is 44.8 Å². The van der Waals surface area contributed by atoms with Gasteiger partial charge in [-0.25, -0.2) is 4.79 Å². The topological polar surface area (TPSA) is 392 Å². The van der Waals surface area contributed by atoms with Crippen LogP contribution in [0, 0.1) is 5.92 Å². The first-order chi connectivity index (χ1) is 29.4. The summed E-state index contributed by atoms with van der Waals surface area (Å²) < 4.78 is 0. The van der Waals surface area contributed by atoms with Crippen molar-refractivity contribution in [1.29, 1.82) is 0 Å². The fourth-order valence-electron chi connectivity index (χ4n) is 6.12. The minimum Gasteiger partial charge on any atom is -0.481 e. The number of carboxylic acids is 2. The predicted molar refractivity (Wildman–Crippen MR) is 230 cm³/mol. The van der Waals surface area contributed by atoms with E-state index in [2.05, 4.69) is 36.9 Å². The molecule has 0 fully saturated rings. The van der Waals surface area contributed by atoms with Crippen LogP contribution in [0.15, 0.2) is 35.3 Å². The van der Waals surface area contributed by atoms with Crippen LogP contribution in [0.4, 0.5) is 0 Å². The highest BCUT2D eigenvalue weighted by Gasteiger charge is 2.31. The van der Waals surface area contributed by atoms with Gasteiger partial charge in [0.1, 0.15) is 30.2 Å². The Kier molecular flexibility index (Phi) is 26.4. The lowest BCUT2D eigenvalue weighted by Crippen LogP contribution is -2.57. The van der Waals surface area contributed by atoms with E-state index in [9.17, 15) is 48.6 Å². The van der Waals surface area contributed by atoms with Crippen molar-refractivity contribution >= 4 is 53.3 Å². The summed E-state index contributed by atoms with van der Waals surface area (Å²) in [7, 11) is 0. The third-order valence-electron chi connectivity index (χ3n) is 9.42. The molecule has 348 valence electrons. The van der Waals surface area contributed by atoms with Crippen molar-refractivity contribution in [3.63, 3.8) is 0 Å². The van der Waals surface area contributed by atoms with E-state index in [1.165, 1.54) is 0 Å². The number of guanidine groups is 1. The Balaban J connectivity index is 3.16. The molecule has 1 rings (SSSR count). The molecule has 22 nitrogen and oxygen atoms in total. The zero-order valence-electron chi connectivity index (χ0n) is 35.7. The minimum absolute atomic E-state index is 0.0622. The Bertz CT molecular complexity index is 1630. The molecule has 18 N–H and O–H groups in total. The van der Waals surface area contributed by atoms with Crippen LogP contribution in [0.3, 0.4) is 0 Å². The second-order valence-corrected chi connectivity index (χ2v) is 15.3. The summed E-state index contributed by atoms with van der Waals surface area (Å²) in [6, 6.07) is 1.75. The molecule has 0 saturated heterocycles. The van der Waals surface area contributed by atoms with Crippen LogP contribution in [0.5, 0.6) is 0 Å². The van der Waals surface area contributed by atoms with E-state index in [0.29, 0.717) is 38.8 Å². The van der Waals surface area contributed by atoms with Crippen molar-refractivity contribution in [2.45, 2.75) is 127 Å². The third kappa shape index (κ3) is 23.2. The van der Waals surface area contributed by atoms with Crippen molar-refractivity contribution in [3.8, 4) is 0 Å². The molecule has 0 aromatic heterocycles. The fourth-order valence-corrected chi connectivity index (χ4v) is 6.12. The van der Waals surface area contributed by atoms with E-state index >= 15 is 0 Å². The maximum absolute atomic E-state index is 13.6. The summed E-state index contributed by atoms with van der Waals surface area (Å²) in [5.74, 6) is -7.61. The number of nitrogens with two attached hydrogens (primary N) is 5. The number of nitrogens with zero attached hydrogens (tertiary/aromatic N) is 1. The number of aliphatic imine (C=N–C) groups is 1. The van der Waals surface area contributed by atoms with E-state index in [1.54, 1.807) is 13.8 Å². The molecule has 22 heteroatoms. The monoisotopic (exact) mass is 877 g/mol. The second-order valence-electron chi connectivity index (χ2n) is 15.3.